The van der Waals surface area contributed by atoms with Crippen LogP contribution in [0.1, 0.15) is 12.5 Å². The zero-order valence-electron chi connectivity index (χ0n) is 13.5. The Morgan fingerprint density at radius 3 is 2.52 bits per heavy atom. The number of halogens is 4. The molecule has 0 saturated carbocycles. The van der Waals surface area contributed by atoms with Crippen LogP contribution in [-0.4, -0.2) is 29.9 Å². The standard InChI is InChI=1S/C18H16Cl2F2N2O/c1-11-18(25)24(14-4-5-15(19)16(20)9-14)7-6-23(11)10-12-2-3-13(21)8-17(12)22/h2-5,8-9,11H,6-7,10H2,1H3. The highest BCUT2D eigenvalue weighted by Crippen LogP contribution is 2.29. The normalized spacial score (nSPS) is 18.7. The first-order valence-electron chi connectivity index (χ1n) is 7.81. The van der Waals surface area contributed by atoms with Gasteiger partial charge in [0.1, 0.15) is 11.6 Å². The molecule has 1 aliphatic heterocycles. The van der Waals surface area contributed by atoms with Gasteiger partial charge in [-0.2, -0.15) is 0 Å². The Kier molecular flexibility index (Phi) is 5.27. The third-order valence-corrected chi connectivity index (χ3v) is 5.12. The highest BCUT2D eigenvalue weighted by Gasteiger charge is 2.32. The second-order valence-corrected chi connectivity index (χ2v) is 6.78. The van der Waals surface area contributed by atoms with Crippen LogP contribution in [0.15, 0.2) is 36.4 Å². The Hall–Kier alpha value is -1.69. The van der Waals surface area contributed by atoms with Gasteiger partial charge in [0, 0.05) is 37.0 Å². The van der Waals surface area contributed by atoms with E-state index in [1.165, 1.54) is 12.1 Å². The number of amides is 1. The maximum atomic E-state index is 13.9. The Labute approximate surface area is 154 Å². The summed E-state index contributed by atoms with van der Waals surface area (Å²) < 4.78 is 26.9. The monoisotopic (exact) mass is 384 g/mol. The summed E-state index contributed by atoms with van der Waals surface area (Å²) >= 11 is 11.9. The summed E-state index contributed by atoms with van der Waals surface area (Å²) in [5.41, 5.74) is 1.04. The molecule has 1 aliphatic rings. The van der Waals surface area contributed by atoms with Gasteiger partial charge < -0.3 is 4.90 Å². The fourth-order valence-corrected chi connectivity index (χ4v) is 3.20. The molecular weight excluding hydrogens is 369 g/mol. The Morgan fingerprint density at radius 1 is 1.08 bits per heavy atom. The van der Waals surface area contributed by atoms with Crippen LogP contribution in [0.2, 0.25) is 10.0 Å². The number of nitrogens with zero attached hydrogens (tertiary/aromatic N) is 2. The van der Waals surface area contributed by atoms with Crippen molar-refractivity contribution in [2.24, 2.45) is 0 Å². The van der Waals surface area contributed by atoms with E-state index in [0.717, 1.165) is 6.07 Å². The van der Waals surface area contributed by atoms with E-state index in [-0.39, 0.29) is 12.5 Å². The third-order valence-electron chi connectivity index (χ3n) is 4.39. The zero-order valence-corrected chi connectivity index (χ0v) is 15.0. The van der Waals surface area contributed by atoms with Gasteiger partial charge in [-0.15, -0.1) is 0 Å². The number of hydrogen-bond acceptors (Lipinski definition) is 2. The van der Waals surface area contributed by atoms with Crippen LogP contribution >= 0.6 is 23.2 Å². The van der Waals surface area contributed by atoms with Crippen LogP contribution in [0.3, 0.4) is 0 Å². The molecule has 1 saturated heterocycles. The first-order chi connectivity index (χ1) is 11.9. The lowest BCUT2D eigenvalue weighted by Crippen LogP contribution is -2.55. The molecule has 1 amide bonds. The summed E-state index contributed by atoms with van der Waals surface area (Å²) in [7, 11) is 0. The van der Waals surface area contributed by atoms with E-state index in [2.05, 4.69) is 0 Å². The molecule has 0 N–H and O–H groups in total. The van der Waals surface area contributed by atoms with Crippen molar-refractivity contribution >= 4 is 34.8 Å². The van der Waals surface area contributed by atoms with Crippen LogP contribution in [0.4, 0.5) is 14.5 Å². The van der Waals surface area contributed by atoms with Crippen molar-refractivity contribution in [2.45, 2.75) is 19.5 Å². The number of piperazine rings is 1. The molecule has 132 valence electrons. The van der Waals surface area contributed by atoms with E-state index >= 15 is 0 Å². The summed E-state index contributed by atoms with van der Waals surface area (Å²) in [6.45, 7) is 3.02. The minimum atomic E-state index is -0.616. The van der Waals surface area contributed by atoms with Gasteiger partial charge in [0.2, 0.25) is 5.91 Å². The zero-order chi connectivity index (χ0) is 18.1. The summed E-state index contributed by atoms with van der Waals surface area (Å²) in [6.07, 6.45) is 0. The van der Waals surface area contributed by atoms with Crippen molar-refractivity contribution in [3.05, 3.63) is 63.6 Å². The van der Waals surface area contributed by atoms with Gasteiger partial charge in [-0.25, -0.2) is 8.78 Å². The fourth-order valence-electron chi connectivity index (χ4n) is 2.91. The van der Waals surface area contributed by atoms with E-state index in [4.69, 9.17) is 23.2 Å². The molecular formula is C18H16Cl2F2N2O. The van der Waals surface area contributed by atoms with Gasteiger partial charge in [0.15, 0.2) is 0 Å². The lowest BCUT2D eigenvalue weighted by molar-refractivity contribution is -0.125. The Bertz CT molecular complexity index is 816. The quantitative estimate of drug-likeness (QED) is 0.777. The summed E-state index contributed by atoms with van der Waals surface area (Å²) in [6, 6.07) is 8.10. The molecule has 0 bridgehead atoms. The van der Waals surface area contributed by atoms with Crippen molar-refractivity contribution in [2.75, 3.05) is 18.0 Å². The largest absolute Gasteiger partial charge is 0.310 e. The highest BCUT2D eigenvalue weighted by atomic mass is 35.5. The molecule has 1 fully saturated rings. The smallest absolute Gasteiger partial charge is 0.244 e. The summed E-state index contributed by atoms with van der Waals surface area (Å²) in [4.78, 5) is 16.2. The molecule has 2 aromatic carbocycles. The van der Waals surface area contributed by atoms with Crippen LogP contribution in [0, 0.1) is 11.6 Å². The molecule has 0 spiro atoms. The molecule has 0 aromatic heterocycles. The van der Waals surface area contributed by atoms with Crippen molar-refractivity contribution in [3.63, 3.8) is 0 Å². The van der Waals surface area contributed by atoms with Gasteiger partial charge in [-0.1, -0.05) is 29.3 Å². The van der Waals surface area contributed by atoms with Gasteiger partial charge in [0.25, 0.3) is 0 Å². The van der Waals surface area contributed by atoms with Crippen molar-refractivity contribution in [3.8, 4) is 0 Å². The number of anilines is 1. The molecule has 1 atom stereocenters. The first-order valence-corrected chi connectivity index (χ1v) is 8.57. The van der Waals surface area contributed by atoms with Gasteiger partial charge in [0.05, 0.1) is 16.1 Å². The van der Waals surface area contributed by atoms with Crippen molar-refractivity contribution in [1.82, 2.24) is 4.90 Å². The molecule has 2 aromatic rings. The Morgan fingerprint density at radius 2 is 1.84 bits per heavy atom. The topological polar surface area (TPSA) is 23.6 Å². The van der Waals surface area contributed by atoms with Gasteiger partial charge in [-0.3, -0.25) is 9.69 Å². The van der Waals surface area contributed by atoms with Crippen LogP contribution in [0.5, 0.6) is 0 Å². The average Bonchev–Trinajstić information content (AvgIpc) is 2.57. The van der Waals surface area contributed by atoms with E-state index in [9.17, 15) is 13.6 Å². The van der Waals surface area contributed by atoms with Crippen molar-refractivity contribution in [1.29, 1.82) is 0 Å². The number of carbonyl (C=O) groups excluding carboxylic acids is 1. The minimum Gasteiger partial charge on any atom is -0.310 e. The lowest BCUT2D eigenvalue weighted by Gasteiger charge is -2.39. The summed E-state index contributed by atoms with van der Waals surface area (Å²) in [5.74, 6) is -1.33. The van der Waals surface area contributed by atoms with Crippen LogP contribution in [0.25, 0.3) is 0 Å². The molecule has 25 heavy (non-hydrogen) atoms. The van der Waals surface area contributed by atoms with Crippen LogP contribution in [-0.2, 0) is 11.3 Å². The summed E-state index contributed by atoms with van der Waals surface area (Å²) in [5, 5.41) is 0.812. The molecule has 0 radical (unpaired) electrons. The van der Waals surface area contributed by atoms with E-state index < -0.39 is 17.7 Å². The van der Waals surface area contributed by atoms with Gasteiger partial charge in [-0.05, 0) is 31.2 Å². The lowest BCUT2D eigenvalue weighted by atomic mass is 10.1. The SMILES string of the molecule is CC1C(=O)N(c2ccc(Cl)c(Cl)c2)CCN1Cc1ccc(F)cc1F. The van der Waals surface area contributed by atoms with Crippen molar-refractivity contribution < 1.29 is 13.6 Å². The Balaban J connectivity index is 1.75. The highest BCUT2D eigenvalue weighted by molar-refractivity contribution is 6.42. The second-order valence-electron chi connectivity index (χ2n) is 5.97. The molecule has 0 aliphatic carbocycles. The second kappa shape index (κ2) is 7.28. The number of carbonyl (C=O) groups is 1. The predicted molar refractivity (Wildman–Crippen MR) is 95.0 cm³/mol. The predicted octanol–water partition coefficient (Wildman–Crippen LogP) is 4.51. The maximum Gasteiger partial charge on any atom is 0.244 e. The molecule has 7 heteroatoms. The average molecular weight is 385 g/mol. The molecule has 3 rings (SSSR count). The van der Waals surface area contributed by atoms with E-state index in [0.29, 0.717) is 34.4 Å². The third kappa shape index (κ3) is 3.78. The molecule has 1 unspecified atom stereocenters. The molecule has 3 nitrogen and oxygen atoms in total. The van der Waals surface area contributed by atoms with Crippen LogP contribution < -0.4 is 4.90 Å². The molecule has 1 heterocycles. The van der Waals surface area contributed by atoms with Gasteiger partial charge >= 0.3 is 0 Å². The minimum absolute atomic E-state index is 0.104. The number of rotatable bonds is 3. The number of hydrogen-bond donors (Lipinski definition) is 0. The fraction of sp³-hybridized carbons (Fsp3) is 0.278. The van der Waals surface area contributed by atoms with E-state index in [1.807, 2.05) is 4.90 Å². The van der Waals surface area contributed by atoms with E-state index in [1.54, 1.807) is 30.0 Å². The number of benzene rings is 2. The first kappa shape index (κ1) is 18.1. The maximum absolute atomic E-state index is 13.9.